The Bertz CT molecular complexity index is 693. The number of halogens is 1. The van der Waals surface area contributed by atoms with Crippen molar-refractivity contribution in [1.29, 1.82) is 0 Å². The fourth-order valence-corrected chi connectivity index (χ4v) is 2.22. The van der Waals surface area contributed by atoms with Crippen LogP contribution in [0.25, 0.3) is 0 Å². The van der Waals surface area contributed by atoms with E-state index in [1.807, 2.05) is 0 Å². The summed E-state index contributed by atoms with van der Waals surface area (Å²) < 4.78 is 10.2. The second-order valence-corrected chi connectivity index (χ2v) is 5.94. The van der Waals surface area contributed by atoms with Crippen molar-refractivity contribution in [2.75, 3.05) is 20.8 Å². The highest BCUT2D eigenvalue weighted by atomic mass is 79.9. The molecule has 1 N–H and O–H groups in total. The summed E-state index contributed by atoms with van der Waals surface area (Å²) in [6, 6.07) is 4.90. The lowest BCUT2D eigenvalue weighted by Gasteiger charge is -2.07. The number of methoxy groups -OCH3 is 2. The Kier molecular flexibility index (Phi) is 9.32. The third-order valence-electron chi connectivity index (χ3n) is 3.18. The molecule has 0 saturated carbocycles. The average molecular weight is 408 g/mol. The molecule has 0 heterocycles. The van der Waals surface area contributed by atoms with Gasteiger partial charge in [-0.25, -0.2) is 0 Å². The molecule has 0 unspecified atom stereocenters. The fourth-order valence-electron chi connectivity index (χ4n) is 1.81. The third-order valence-corrected chi connectivity index (χ3v) is 3.84. The number of nitrogens with one attached hydrogen (secondary N) is 1. The molecule has 0 radical (unpaired) electrons. The molecule has 0 atom stereocenters. The highest BCUT2D eigenvalue weighted by Gasteiger charge is 2.10. The average Bonchev–Trinajstić information content (AvgIpc) is 2.87. The van der Waals surface area contributed by atoms with E-state index in [0.29, 0.717) is 11.3 Å². The van der Waals surface area contributed by atoms with Gasteiger partial charge in [-0.05, 0) is 47.5 Å². The third kappa shape index (κ3) is 7.85. The number of esters is 1. The summed E-state index contributed by atoms with van der Waals surface area (Å²) in [5, 5.41) is 2.44. The number of rotatable bonds is 4. The van der Waals surface area contributed by atoms with Crippen molar-refractivity contribution in [1.82, 2.24) is 5.32 Å². The highest BCUT2D eigenvalue weighted by Crippen LogP contribution is 2.25. The van der Waals surface area contributed by atoms with Crippen molar-refractivity contribution in [3.63, 3.8) is 0 Å². The first-order valence-corrected chi connectivity index (χ1v) is 8.45. The van der Waals surface area contributed by atoms with E-state index in [2.05, 4.69) is 63.3 Å². The van der Waals surface area contributed by atoms with Crippen LogP contribution < -0.4 is 10.1 Å². The van der Waals surface area contributed by atoms with Crippen molar-refractivity contribution in [3.05, 3.63) is 64.2 Å². The molecule has 0 bridgehead atoms. The summed E-state index contributed by atoms with van der Waals surface area (Å²) in [6.07, 6.45) is 11.7. The van der Waals surface area contributed by atoms with Crippen LogP contribution >= 0.6 is 15.9 Å². The van der Waals surface area contributed by atoms with Gasteiger partial charge in [-0.1, -0.05) is 36.0 Å². The number of allylic oxidation sites excluding steroid dienone is 6. The van der Waals surface area contributed by atoms with Gasteiger partial charge in [-0.15, -0.1) is 0 Å². The smallest absolute Gasteiger partial charge is 0.325 e. The van der Waals surface area contributed by atoms with Gasteiger partial charge in [0.2, 0.25) is 0 Å². The maximum atomic E-state index is 11.7. The quantitative estimate of drug-likeness (QED) is 0.770. The molecule has 134 valence electrons. The largest absolute Gasteiger partial charge is 0.496 e. The lowest BCUT2D eigenvalue weighted by atomic mass is 10.2. The Morgan fingerprint density at radius 1 is 1.24 bits per heavy atom. The second-order valence-electron chi connectivity index (χ2n) is 5.09. The van der Waals surface area contributed by atoms with Crippen molar-refractivity contribution in [3.8, 4) is 5.75 Å². The topological polar surface area (TPSA) is 64.6 Å². The van der Waals surface area contributed by atoms with Crippen molar-refractivity contribution >= 4 is 27.8 Å². The van der Waals surface area contributed by atoms with Crippen LogP contribution in [-0.2, 0) is 9.53 Å². The van der Waals surface area contributed by atoms with Gasteiger partial charge in [0.05, 0.1) is 18.7 Å². The van der Waals surface area contributed by atoms with E-state index >= 15 is 0 Å². The van der Waals surface area contributed by atoms with E-state index in [0.717, 1.165) is 10.9 Å². The number of benzene rings is 1. The summed E-state index contributed by atoms with van der Waals surface area (Å²) in [5.41, 5.74) is 1.74. The minimum atomic E-state index is -0.498. The molecular formula is C19H22BrNO4. The van der Waals surface area contributed by atoms with Crippen molar-refractivity contribution < 1.29 is 19.1 Å². The normalized spacial score (nSPS) is 12.2. The number of carbonyl (C=O) groups is 2. The molecular weight excluding hydrogens is 386 g/mol. The molecule has 0 spiro atoms. The van der Waals surface area contributed by atoms with Crippen LogP contribution in [0.1, 0.15) is 23.7 Å². The molecule has 25 heavy (non-hydrogen) atoms. The summed E-state index contributed by atoms with van der Waals surface area (Å²) in [4.78, 5) is 22.5. The first-order valence-electron chi connectivity index (χ1n) is 7.66. The standard InChI is InChI=1S/C11H12BrNO4.C8H10/c1-16-9-5-7(3-4-8(9)12)11(15)13-6-10(14)17-2;1-8-6-4-2-3-5-7-8/h3-5H,6H2,1-2H3,(H,13,15);2,4-7H,3H2,1H3. The number of amides is 1. The summed E-state index contributed by atoms with van der Waals surface area (Å²) in [6.45, 7) is 1.94. The van der Waals surface area contributed by atoms with Gasteiger partial charge in [-0.3, -0.25) is 9.59 Å². The number of hydrogen-bond donors (Lipinski definition) is 1. The lowest BCUT2D eigenvalue weighted by molar-refractivity contribution is -0.139. The zero-order valence-corrected chi connectivity index (χ0v) is 16.1. The Labute approximate surface area is 156 Å². The zero-order chi connectivity index (χ0) is 18.7. The van der Waals surface area contributed by atoms with E-state index in [4.69, 9.17) is 4.74 Å². The predicted molar refractivity (Wildman–Crippen MR) is 102 cm³/mol. The number of carbonyl (C=O) groups excluding carboxylic acids is 2. The fraction of sp³-hybridized carbons (Fsp3) is 0.263. The summed E-state index contributed by atoms with van der Waals surface area (Å²) >= 11 is 3.28. The van der Waals surface area contributed by atoms with E-state index in [1.54, 1.807) is 18.2 Å². The van der Waals surface area contributed by atoms with Crippen LogP contribution in [0.4, 0.5) is 0 Å². The zero-order valence-electron chi connectivity index (χ0n) is 14.5. The minimum Gasteiger partial charge on any atom is -0.496 e. The molecule has 1 aromatic rings. The monoisotopic (exact) mass is 407 g/mol. The molecule has 6 heteroatoms. The SMILES string of the molecule is CC1=CC=CCC=C1.COC(=O)CNC(=O)c1ccc(Br)c(OC)c1. The Morgan fingerprint density at radius 2 is 2.00 bits per heavy atom. The van der Waals surface area contributed by atoms with Crippen LogP contribution in [0.2, 0.25) is 0 Å². The molecule has 2 rings (SSSR count). The maximum absolute atomic E-state index is 11.7. The molecule has 0 fully saturated rings. The van der Waals surface area contributed by atoms with Gasteiger partial charge in [-0.2, -0.15) is 0 Å². The molecule has 1 aromatic carbocycles. The van der Waals surface area contributed by atoms with Crippen LogP contribution in [0.5, 0.6) is 5.75 Å². The Morgan fingerprint density at radius 3 is 2.68 bits per heavy atom. The number of ether oxygens (including phenoxy) is 2. The maximum Gasteiger partial charge on any atom is 0.325 e. The summed E-state index contributed by atoms with van der Waals surface area (Å²) in [5.74, 6) is -0.306. The Balaban J connectivity index is 0.000000324. The van der Waals surface area contributed by atoms with Crippen LogP contribution in [-0.4, -0.2) is 32.6 Å². The van der Waals surface area contributed by atoms with Gasteiger partial charge in [0, 0.05) is 5.56 Å². The van der Waals surface area contributed by atoms with E-state index < -0.39 is 5.97 Å². The summed E-state index contributed by atoms with van der Waals surface area (Å²) in [7, 11) is 2.77. The Hall–Kier alpha value is -2.34. The molecule has 1 aliphatic rings. The molecule has 0 aromatic heterocycles. The van der Waals surface area contributed by atoms with Crippen molar-refractivity contribution in [2.24, 2.45) is 0 Å². The second kappa shape index (κ2) is 11.3. The van der Waals surface area contributed by atoms with Crippen LogP contribution in [0, 0.1) is 0 Å². The molecule has 1 amide bonds. The molecule has 1 aliphatic carbocycles. The molecule has 5 nitrogen and oxygen atoms in total. The van der Waals surface area contributed by atoms with Gasteiger partial charge in [0.15, 0.2) is 0 Å². The van der Waals surface area contributed by atoms with Gasteiger partial charge in [0.25, 0.3) is 5.91 Å². The molecule has 0 aliphatic heterocycles. The first-order chi connectivity index (χ1) is 12.0. The van der Waals surface area contributed by atoms with Crippen LogP contribution in [0.3, 0.4) is 0 Å². The van der Waals surface area contributed by atoms with E-state index in [9.17, 15) is 9.59 Å². The van der Waals surface area contributed by atoms with Crippen LogP contribution in [0.15, 0.2) is 58.6 Å². The molecule has 0 saturated heterocycles. The van der Waals surface area contributed by atoms with Crippen molar-refractivity contribution in [2.45, 2.75) is 13.3 Å². The first kappa shape index (κ1) is 20.7. The van der Waals surface area contributed by atoms with Gasteiger partial charge >= 0.3 is 5.97 Å². The predicted octanol–water partition coefficient (Wildman–Crippen LogP) is 3.81. The lowest BCUT2D eigenvalue weighted by Crippen LogP contribution is -2.30. The van der Waals surface area contributed by atoms with Gasteiger partial charge in [0.1, 0.15) is 12.3 Å². The van der Waals surface area contributed by atoms with Gasteiger partial charge < -0.3 is 14.8 Å². The van der Waals surface area contributed by atoms with E-state index in [1.165, 1.54) is 19.8 Å². The van der Waals surface area contributed by atoms with E-state index in [-0.39, 0.29) is 12.5 Å². The number of hydrogen-bond acceptors (Lipinski definition) is 4. The minimum absolute atomic E-state index is 0.159. The highest BCUT2D eigenvalue weighted by molar-refractivity contribution is 9.10.